The Labute approximate surface area is 101 Å². The van der Waals surface area contributed by atoms with Crippen LogP contribution in [0.4, 0.5) is 0 Å². The van der Waals surface area contributed by atoms with Crippen molar-refractivity contribution in [2.45, 2.75) is 25.0 Å². The molecule has 0 saturated carbocycles. The highest BCUT2D eigenvalue weighted by atomic mass is 32.2. The zero-order valence-corrected chi connectivity index (χ0v) is 10.1. The maximum absolute atomic E-state index is 6.22. The van der Waals surface area contributed by atoms with Gasteiger partial charge in [0.05, 0.1) is 0 Å². The Morgan fingerprint density at radius 3 is 3.00 bits per heavy atom. The summed E-state index contributed by atoms with van der Waals surface area (Å²) in [5, 5.41) is 0. The number of ether oxygens (including phenoxy) is 1. The van der Waals surface area contributed by atoms with Gasteiger partial charge in [0.2, 0.25) is 0 Å². The first kappa shape index (κ1) is 10.5. The SMILES string of the molecule is N[C@H]1CC(C2CCSC2)Oc2ccccc21. The lowest BCUT2D eigenvalue weighted by molar-refractivity contribution is 0.110. The van der Waals surface area contributed by atoms with Gasteiger partial charge in [0, 0.05) is 23.9 Å². The Kier molecular flexibility index (Phi) is 2.82. The van der Waals surface area contributed by atoms with Gasteiger partial charge in [-0.05, 0) is 24.0 Å². The lowest BCUT2D eigenvalue weighted by atomic mass is 9.90. The van der Waals surface area contributed by atoms with E-state index in [1.807, 2.05) is 30.0 Å². The molecule has 2 unspecified atom stereocenters. The average molecular weight is 235 g/mol. The van der Waals surface area contributed by atoms with Crippen LogP contribution < -0.4 is 10.5 Å². The van der Waals surface area contributed by atoms with Crippen LogP contribution >= 0.6 is 11.8 Å². The number of benzene rings is 1. The van der Waals surface area contributed by atoms with Gasteiger partial charge in [-0.25, -0.2) is 0 Å². The monoisotopic (exact) mass is 235 g/mol. The van der Waals surface area contributed by atoms with Crippen LogP contribution in [0.3, 0.4) is 0 Å². The number of para-hydroxylation sites is 1. The third-order valence-electron chi connectivity index (χ3n) is 3.57. The minimum atomic E-state index is 0.153. The third-order valence-corrected chi connectivity index (χ3v) is 4.76. The maximum Gasteiger partial charge on any atom is 0.124 e. The molecule has 1 saturated heterocycles. The summed E-state index contributed by atoms with van der Waals surface area (Å²) in [7, 11) is 0. The van der Waals surface area contributed by atoms with E-state index in [2.05, 4.69) is 6.07 Å². The molecule has 3 atom stereocenters. The van der Waals surface area contributed by atoms with Crippen molar-refractivity contribution in [2.75, 3.05) is 11.5 Å². The molecule has 86 valence electrons. The predicted molar refractivity (Wildman–Crippen MR) is 67.8 cm³/mol. The van der Waals surface area contributed by atoms with E-state index in [9.17, 15) is 0 Å². The molecule has 2 aliphatic heterocycles. The molecule has 1 aromatic rings. The van der Waals surface area contributed by atoms with Gasteiger partial charge in [-0.3, -0.25) is 0 Å². The second-order valence-corrected chi connectivity index (χ2v) is 5.81. The molecule has 16 heavy (non-hydrogen) atoms. The van der Waals surface area contributed by atoms with Crippen molar-refractivity contribution >= 4 is 11.8 Å². The van der Waals surface area contributed by atoms with Crippen LogP contribution in [0.15, 0.2) is 24.3 Å². The Bertz CT molecular complexity index is 376. The first-order valence-corrected chi connectivity index (χ1v) is 7.09. The molecule has 1 fully saturated rings. The van der Waals surface area contributed by atoms with Crippen LogP contribution in [-0.2, 0) is 0 Å². The Balaban J connectivity index is 1.83. The van der Waals surface area contributed by atoms with Crippen molar-refractivity contribution in [2.24, 2.45) is 11.7 Å². The fourth-order valence-electron chi connectivity index (χ4n) is 2.62. The van der Waals surface area contributed by atoms with Gasteiger partial charge in [0.1, 0.15) is 11.9 Å². The molecule has 2 aliphatic rings. The topological polar surface area (TPSA) is 35.2 Å². The van der Waals surface area contributed by atoms with E-state index in [0.29, 0.717) is 12.0 Å². The van der Waals surface area contributed by atoms with E-state index in [1.165, 1.54) is 23.5 Å². The molecule has 0 spiro atoms. The number of thioether (sulfide) groups is 1. The molecule has 3 heteroatoms. The van der Waals surface area contributed by atoms with Gasteiger partial charge in [-0.2, -0.15) is 11.8 Å². The molecule has 0 radical (unpaired) electrons. The molecule has 1 aromatic carbocycles. The standard InChI is InChI=1S/C13H17NOS/c14-11-7-13(9-5-6-16-8-9)15-12-4-2-1-3-10(11)12/h1-4,9,11,13H,5-8,14H2/t9?,11-,13?/m0/s1. The van der Waals surface area contributed by atoms with E-state index in [-0.39, 0.29) is 6.04 Å². The quantitative estimate of drug-likeness (QED) is 0.812. The van der Waals surface area contributed by atoms with Crippen molar-refractivity contribution in [3.63, 3.8) is 0 Å². The summed E-state index contributed by atoms with van der Waals surface area (Å²) in [5.74, 6) is 4.22. The lowest BCUT2D eigenvalue weighted by Crippen LogP contribution is -2.35. The van der Waals surface area contributed by atoms with Gasteiger partial charge in [-0.1, -0.05) is 18.2 Å². The molecule has 0 amide bonds. The van der Waals surface area contributed by atoms with Crippen molar-refractivity contribution in [1.29, 1.82) is 0 Å². The number of hydrogen-bond donors (Lipinski definition) is 1. The molecule has 2 N–H and O–H groups in total. The molecule has 0 aliphatic carbocycles. The third kappa shape index (κ3) is 1.82. The van der Waals surface area contributed by atoms with Crippen LogP contribution in [0, 0.1) is 5.92 Å². The van der Waals surface area contributed by atoms with Crippen molar-refractivity contribution in [1.82, 2.24) is 0 Å². The van der Waals surface area contributed by atoms with Crippen LogP contribution in [0.1, 0.15) is 24.4 Å². The number of nitrogens with two attached hydrogens (primary N) is 1. The molecule has 0 aromatic heterocycles. The van der Waals surface area contributed by atoms with Crippen LogP contribution in [-0.4, -0.2) is 17.6 Å². The molecular weight excluding hydrogens is 218 g/mol. The van der Waals surface area contributed by atoms with E-state index >= 15 is 0 Å². The molecule has 3 rings (SSSR count). The van der Waals surface area contributed by atoms with Gasteiger partial charge in [0.15, 0.2) is 0 Å². The van der Waals surface area contributed by atoms with Gasteiger partial charge < -0.3 is 10.5 Å². The summed E-state index contributed by atoms with van der Waals surface area (Å²) in [6.45, 7) is 0. The fourth-order valence-corrected chi connectivity index (χ4v) is 3.94. The summed E-state index contributed by atoms with van der Waals surface area (Å²) in [5.41, 5.74) is 7.39. The maximum atomic E-state index is 6.22. The molecular formula is C13H17NOS. The molecule has 0 bridgehead atoms. The molecule has 2 nitrogen and oxygen atoms in total. The minimum absolute atomic E-state index is 0.153. The van der Waals surface area contributed by atoms with E-state index in [0.717, 1.165) is 12.2 Å². The smallest absolute Gasteiger partial charge is 0.124 e. The van der Waals surface area contributed by atoms with Gasteiger partial charge in [0.25, 0.3) is 0 Å². The van der Waals surface area contributed by atoms with E-state index in [1.54, 1.807) is 0 Å². The zero-order valence-electron chi connectivity index (χ0n) is 9.26. The number of hydrogen-bond acceptors (Lipinski definition) is 3. The number of rotatable bonds is 1. The Morgan fingerprint density at radius 1 is 1.31 bits per heavy atom. The van der Waals surface area contributed by atoms with Crippen molar-refractivity contribution in [3.05, 3.63) is 29.8 Å². The summed E-state index contributed by atoms with van der Waals surface area (Å²) < 4.78 is 6.09. The average Bonchev–Trinajstić information content (AvgIpc) is 2.82. The first-order valence-electron chi connectivity index (χ1n) is 5.93. The lowest BCUT2D eigenvalue weighted by Gasteiger charge is -2.33. The largest absolute Gasteiger partial charge is 0.490 e. The first-order chi connectivity index (χ1) is 7.84. The fraction of sp³-hybridized carbons (Fsp3) is 0.538. The Morgan fingerprint density at radius 2 is 2.19 bits per heavy atom. The van der Waals surface area contributed by atoms with E-state index in [4.69, 9.17) is 10.5 Å². The summed E-state index contributed by atoms with van der Waals surface area (Å²) in [6, 6.07) is 8.34. The zero-order chi connectivity index (χ0) is 11.0. The van der Waals surface area contributed by atoms with E-state index < -0.39 is 0 Å². The van der Waals surface area contributed by atoms with Crippen LogP contribution in [0.25, 0.3) is 0 Å². The Hall–Kier alpha value is -0.670. The summed E-state index contributed by atoms with van der Waals surface area (Å²) >= 11 is 2.04. The van der Waals surface area contributed by atoms with Gasteiger partial charge >= 0.3 is 0 Å². The molecule has 2 heterocycles. The minimum Gasteiger partial charge on any atom is -0.490 e. The highest BCUT2D eigenvalue weighted by Gasteiger charge is 2.33. The van der Waals surface area contributed by atoms with Crippen molar-refractivity contribution < 1.29 is 4.74 Å². The normalized spacial score (nSPS) is 33.2. The second-order valence-electron chi connectivity index (χ2n) is 4.66. The van der Waals surface area contributed by atoms with Crippen LogP contribution in [0.2, 0.25) is 0 Å². The highest BCUT2D eigenvalue weighted by Crippen LogP contribution is 2.38. The summed E-state index contributed by atoms with van der Waals surface area (Å²) in [6.07, 6.45) is 2.59. The predicted octanol–water partition coefficient (Wildman–Crippen LogP) is 2.59. The van der Waals surface area contributed by atoms with Crippen molar-refractivity contribution in [3.8, 4) is 5.75 Å². The van der Waals surface area contributed by atoms with Crippen LogP contribution in [0.5, 0.6) is 5.75 Å². The number of fused-ring (bicyclic) bond motifs is 1. The highest BCUT2D eigenvalue weighted by molar-refractivity contribution is 7.99. The van der Waals surface area contributed by atoms with Gasteiger partial charge in [-0.15, -0.1) is 0 Å². The second kappa shape index (κ2) is 4.30. The summed E-state index contributed by atoms with van der Waals surface area (Å²) in [4.78, 5) is 0.